The minimum Gasteiger partial charge on any atom is -0.454 e. The molecule has 0 saturated carbocycles. The number of hydrogen-bond acceptors (Lipinski definition) is 10. The first kappa shape index (κ1) is 64.1. The Kier molecular flexibility index (Phi) is 42.9. The van der Waals surface area contributed by atoms with Gasteiger partial charge in [0, 0.05) is 6.42 Å². The van der Waals surface area contributed by atoms with Crippen LogP contribution in [0.15, 0.2) is 72.9 Å². The summed E-state index contributed by atoms with van der Waals surface area (Å²) in [6, 6.07) is -1.05. The predicted molar refractivity (Wildman–Crippen MR) is 283 cm³/mol. The molecule has 11 heteroatoms. The molecule has 0 spiro atoms. The maximum atomic E-state index is 13.3. The first-order valence-electron chi connectivity index (χ1n) is 27.8. The molecule has 8 unspecified atom stereocenters. The van der Waals surface area contributed by atoms with Gasteiger partial charge in [0.05, 0.1) is 25.4 Å². The van der Waals surface area contributed by atoms with E-state index in [-0.39, 0.29) is 19.4 Å². The monoisotopic (exact) mass is 972 g/mol. The van der Waals surface area contributed by atoms with Crippen LogP contribution in [0.3, 0.4) is 0 Å². The van der Waals surface area contributed by atoms with E-state index in [4.69, 9.17) is 14.2 Å². The smallest absolute Gasteiger partial charge is 0.306 e. The number of hydrogen-bond donors (Lipinski definition) is 6. The Labute approximate surface area is 420 Å². The molecule has 69 heavy (non-hydrogen) atoms. The van der Waals surface area contributed by atoms with E-state index in [2.05, 4.69) is 44.3 Å². The summed E-state index contributed by atoms with van der Waals surface area (Å²) < 4.78 is 17.5. The molecule has 8 atom stereocenters. The molecule has 6 N–H and O–H groups in total. The molecule has 1 fully saturated rings. The van der Waals surface area contributed by atoms with Crippen molar-refractivity contribution >= 4 is 11.9 Å². The third kappa shape index (κ3) is 35.0. The number of nitrogens with one attached hydrogen (secondary N) is 1. The van der Waals surface area contributed by atoms with Crippen LogP contribution in [0.1, 0.15) is 220 Å². The SMILES string of the molecule is CC/C=C/C=C/C=C\C=C/CCCCC(O)C(=O)NC(COC1OC(CO)C(O)C(O)C1OC(=O)CCCCCCCCC/C=C/CCCCCCCC)C(O)/C=C/CCCCCCCCCCC. The number of amides is 1. The van der Waals surface area contributed by atoms with E-state index >= 15 is 0 Å². The largest absolute Gasteiger partial charge is 0.454 e. The second-order valence-electron chi connectivity index (χ2n) is 19.0. The Morgan fingerprint density at radius 2 is 1.06 bits per heavy atom. The first-order chi connectivity index (χ1) is 33.7. The van der Waals surface area contributed by atoms with Gasteiger partial charge in [-0.15, -0.1) is 0 Å². The fraction of sp³-hybridized carbons (Fsp3) is 0.759. The molecule has 1 amide bonds. The molecule has 1 heterocycles. The molecule has 0 radical (unpaired) electrons. The molecule has 1 aliphatic rings. The Hall–Kier alpha value is -2.90. The zero-order chi connectivity index (χ0) is 50.4. The lowest BCUT2D eigenvalue weighted by molar-refractivity contribution is -0.305. The Morgan fingerprint density at radius 1 is 0.580 bits per heavy atom. The van der Waals surface area contributed by atoms with Gasteiger partial charge in [-0.1, -0.05) is 216 Å². The highest BCUT2D eigenvalue weighted by Crippen LogP contribution is 2.26. The van der Waals surface area contributed by atoms with Crippen LogP contribution in [0, 0.1) is 0 Å². The zero-order valence-electron chi connectivity index (χ0n) is 43.7. The van der Waals surface area contributed by atoms with E-state index in [0.717, 1.165) is 77.0 Å². The summed E-state index contributed by atoms with van der Waals surface area (Å²) in [7, 11) is 0. The van der Waals surface area contributed by atoms with Crippen LogP contribution in [0.25, 0.3) is 0 Å². The molecule has 1 aliphatic heterocycles. The lowest BCUT2D eigenvalue weighted by atomic mass is 9.99. The summed E-state index contributed by atoms with van der Waals surface area (Å²) in [6.07, 6.45) is 46.7. The van der Waals surface area contributed by atoms with Gasteiger partial charge in [-0.3, -0.25) is 9.59 Å². The van der Waals surface area contributed by atoms with Gasteiger partial charge in [0.15, 0.2) is 12.4 Å². The summed E-state index contributed by atoms with van der Waals surface area (Å²) in [5.41, 5.74) is 0. The molecule has 0 aromatic heterocycles. The van der Waals surface area contributed by atoms with Gasteiger partial charge in [0.1, 0.15) is 24.4 Å². The number of esters is 1. The molecule has 0 aromatic carbocycles. The number of aliphatic hydroxyl groups excluding tert-OH is 5. The topological polar surface area (TPSA) is 175 Å². The van der Waals surface area contributed by atoms with E-state index in [9.17, 15) is 35.1 Å². The second-order valence-corrected chi connectivity index (χ2v) is 19.0. The van der Waals surface area contributed by atoms with Gasteiger partial charge in [0.25, 0.3) is 0 Å². The van der Waals surface area contributed by atoms with E-state index in [1.54, 1.807) is 6.08 Å². The van der Waals surface area contributed by atoms with Crippen LogP contribution >= 0.6 is 0 Å². The third-order valence-electron chi connectivity index (χ3n) is 12.7. The lowest BCUT2D eigenvalue weighted by Crippen LogP contribution is -2.61. The molecular formula is C58H101NO10. The summed E-state index contributed by atoms with van der Waals surface area (Å²) in [4.78, 5) is 26.4. The Bertz CT molecular complexity index is 1390. The van der Waals surface area contributed by atoms with E-state index < -0.39 is 67.4 Å². The van der Waals surface area contributed by atoms with Crippen molar-refractivity contribution in [1.29, 1.82) is 0 Å². The Balaban J connectivity index is 2.75. The molecule has 1 saturated heterocycles. The van der Waals surface area contributed by atoms with Crippen molar-refractivity contribution < 1.29 is 49.3 Å². The van der Waals surface area contributed by atoms with Crippen molar-refractivity contribution in [2.75, 3.05) is 13.2 Å². The number of ether oxygens (including phenoxy) is 3. The number of unbranched alkanes of at least 4 members (excludes halogenated alkanes) is 24. The maximum Gasteiger partial charge on any atom is 0.306 e. The van der Waals surface area contributed by atoms with Gasteiger partial charge in [-0.05, 0) is 70.6 Å². The predicted octanol–water partition coefficient (Wildman–Crippen LogP) is 12.1. The maximum absolute atomic E-state index is 13.3. The molecular weight excluding hydrogens is 871 g/mol. The summed E-state index contributed by atoms with van der Waals surface area (Å²) in [6.45, 7) is 5.58. The average Bonchev–Trinajstić information content (AvgIpc) is 3.34. The molecule has 398 valence electrons. The van der Waals surface area contributed by atoms with Crippen molar-refractivity contribution in [3.63, 3.8) is 0 Å². The average molecular weight is 972 g/mol. The van der Waals surface area contributed by atoms with Crippen LogP contribution in [-0.2, 0) is 23.8 Å². The van der Waals surface area contributed by atoms with Crippen LogP contribution in [0.5, 0.6) is 0 Å². The molecule has 0 aromatic rings. The number of rotatable bonds is 45. The molecule has 11 nitrogen and oxygen atoms in total. The van der Waals surface area contributed by atoms with Crippen LogP contribution in [0.2, 0.25) is 0 Å². The van der Waals surface area contributed by atoms with Gasteiger partial charge in [-0.2, -0.15) is 0 Å². The zero-order valence-corrected chi connectivity index (χ0v) is 43.7. The first-order valence-corrected chi connectivity index (χ1v) is 27.8. The highest BCUT2D eigenvalue weighted by molar-refractivity contribution is 5.80. The molecule has 1 rings (SSSR count). The van der Waals surface area contributed by atoms with Crippen molar-refractivity contribution in [3.05, 3.63) is 72.9 Å². The van der Waals surface area contributed by atoms with E-state index in [0.29, 0.717) is 12.8 Å². The minimum absolute atomic E-state index is 0.111. The number of carbonyl (C=O) groups excluding carboxylic acids is 2. The molecule has 0 aliphatic carbocycles. The Morgan fingerprint density at radius 3 is 1.61 bits per heavy atom. The summed E-state index contributed by atoms with van der Waals surface area (Å²) in [5, 5.41) is 56.6. The summed E-state index contributed by atoms with van der Waals surface area (Å²) >= 11 is 0. The third-order valence-corrected chi connectivity index (χ3v) is 12.7. The number of carbonyl (C=O) groups is 2. The van der Waals surface area contributed by atoms with Crippen molar-refractivity contribution in [3.8, 4) is 0 Å². The standard InChI is InChI=1S/C58H101NO10/c1-4-7-10-13-16-19-22-24-25-26-27-28-31-34-37-40-43-46-53(63)69-56-55(65)54(64)52(47-60)68-58(56)67-48-49(50(61)44-41-38-35-32-29-21-18-15-12-9-6-3)59-57(66)51(62)45-42-39-36-33-30-23-20-17-14-11-8-5-2/h8,11,14,17,20,23-25,30,33,41,44,49-52,54-56,58,60-62,64-65H,4-7,9-10,12-13,15-16,18-19,21-22,26-29,31-32,34-40,42-43,45-48H2,1-3H3,(H,59,66)/b11-8+,17-14+,23-20-,25-24+,33-30-,44-41+. The van der Waals surface area contributed by atoms with Gasteiger partial charge < -0.3 is 45.1 Å². The van der Waals surface area contributed by atoms with Crippen LogP contribution < -0.4 is 5.32 Å². The lowest BCUT2D eigenvalue weighted by Gasteiger charge is -2.41. The van der Waals surface area contributed by atoms with Gasteiger partial charge in [0.2, 0.25) is 5.91 Å². The number of aliphatic hydroxyl groups is 5. The van der Waals surface area contributed by atoms with Crippen molar-refractivity contribution in [2.45, 2.75) is 269 Å². The highest BCUT2D eigenvalue weighted by Gasteiger charge is 2.47. The van der Waals surface area contributed by atoms with Crippen LogP contribution in [0.4, 0.5) is 0 Å². The van der Waals surface area contributed by atoms with E-state index in [1.807, 2.05) is 48.6 Å². The fourth-order valence-corrected chi connectivity index (χ4v) is 8.24. The van der Waals surface area contributed by atoms with E-state index in [1.165, 1.54) is 96.3 Å². The minimum atomic E-state index is -1.62. The molecule has 0 bridgehead atoms. The quantitative estimate of drug-likeness (QED) is 0.0149. The summed E-state index contributed by atoms with van der Waals surface area (Å²) in [5.74, 6) is -1.24. The van der Waals surface area contributed by atoms with Crippen molar-refractivity contribution in [2.24, 2.45) is 0 Å². The second kappa shape index (κ2) is 46.2. The highest BCUT2D eigenvalue weighted by atomic mass is 16.7. The number of allylic oxidation sites excluding steroid dienone is 11. The fourth-order valence-electron chi connectivity index (χ4n) is 8.24. The van der Waals surface area contributed by atoms with Gasteiger partial charge in [-0.25, -0.2) is 0 Å². The van der Waals surface area contributed by atoms with Gasteiger partial charge >= 0.3 is 5.97 Å². The normalized spacial score (nSPS) is 20.4. The van der Waals surface area contributed by atoms with Crippen LogP contribution in [-0.4, -0.2) is 99.6 Å². The van der Waals surface area contributed by atoms with Crippen molar-refractivity contribution in [1.82, 2.24) is 5.32 Å².